The summed E-state index contributed by atoms with van der Waals surface area (Å²) in [6, 6.07) is 17.7. The molecule has 0 aromatic heterocycles. The third-order valence-electron chi connectivity index (χ3n) is 8.18. The molecule has 41 heavy (non-hydrogen) atoms. The third kappa shape index (κ3) is 10.2. The van der Waals surface area contributed by atoms with Gasteiger partial charge in [-0.15, -0.1) is 0 Å². The number of ether oxygens (including phenoxy) is 1. The molecule has 2 saturated heterocycles. The minimum absolute atomic E-state index is 0.0433. The number of nitrogens with one attached hydrogen (secondary N) is 2. The third-order valence-corrected chi connectivity index (χ3v) is 8.18. The fourth-order valence-electron chi connectivity index (χ4n) is 5.66. The molecule has 4 rings (SSSR count). The quantitative estimate of drug-likeness (QED) is 0.314. The average molecular weight is 564 g/mol. The van der Waals surface area contributed by atoms with Crippen molar-refractivity contribution in [3.8, 4) is 11.1 Å². The van der Waals surface area contributed by atoms with Gasteiger partial charge in [-0.3, -0.25) is 14.9 Å². The lowest BCUT2D eigenvalue weighted by atomic mass is 9.96. The summed E-state index contributed by atoms with van der Waals surface area (Å²) < 4.78 is 5.72. The van der Waals surface area contributed by atoms with Gasteiger partial charge in [-0.1, -0.05) is 55.0 Å². The maximum Gasteiger partial charge on any atom is 0.411 e. The number of nitrogens with zero attached hydrogens (tertiary/aromatic N) is 2. The molecule has 2 aromatic carbocycles. The standard InChI is InChI=1S/C32H45N5O4/c33-31(39)26-13-20-36(21-14-26)19-8-2-7-18-34-30(38)17-24-37-22-15-27(16-23-37)41-32(40)35-29-12-6-5-11-28(29)25-9-3-1-4-10-25/h1,3-6,9-12,26-27H,2,7-8,13-24H2,(H2,33,39)(H,34,38)(H,35,40). The van der Waals surface area contributed by atoms with Crippen LogP contribution in [-0.2, 0) is 14.3 Å². The maximum atomic E-state index is 12.6. The van der Waals surface area contributed by atoms with Crippen LogP contribution in [0.1, 0.15) is 51.4 Å². The van der Waals surface area contributed by atoms with Gasteiger partial charge in [-0.05, 0) is 69.8 Å². The second-order valence-corrected chi connectivity index (χ2v) is 11.2. The van der Waals surface area contributed by atoms with Crippen molar-refractivity contribution < 1.29 is 19.1 Å². The van der Waals surface area contributed by atoms with Crippen molar-refractivity contribution in [1.82, 2.24) is 15.1 Å². The highest BCUT2D eigenvalue weighted by Gasteiger charge is 2.24. The summed E-state index contributed by atoms with van der Waals surface area (Å²) >= 11 is 0. The van der Waals surface area contributed by atoms with E-state index in [-0.39, 0.29) is 23.8 Å². The number of benzene rings is 2. The first-order valence-corrected chi connectivity index (χ1v) is 15.1. The number of piperidine rings is 2. The Kier molecular flexibility index (Phi) is 12.0. The Balaban J connectivity index is 1.03. The van der Waals surface area contributed by atoms with Gasteiger partial charge in [0.05, 0.1) is 5.69 Å². The predicted octanol–water partition coefficient (Wildman–Crippen LogP) is 4.24. The van der Waals surface area contributed by atoms with Gasteiger partial charge in [0.2, 0.25) is 11.8 Å². The zero-order valence-electron chi connectivity index (χ0n) is 24.1. The first-order chi connectivity index (χ1) is 20.0. The van der Waals surface area contributed by atoms with Gasteiger partial charge in [0.15, 0.2) is 0 Å². The highest BCUT2D eigenvalue weighted by Crippen LogP contribution is 2.28. The monoisotopic (exact) mass is 563 g/mol. The van der Waals surface area contributed by atoms with E-state index >= 15 is 0 Å². The molecular weight excluding hydrogens is 518 g/mol. The van der Waals surface area contributed by atoms with Crippen molar-refractivity contribution in [3.63, 3.8) is 0 Å². The summed E-state index contributed by atoms with van der Waals surface area (Å²) in [5.74, 6) is -0.0319. The molecule has 9 heteroatoms. The molecule has 0 unspecified atom stereocenters. The predicted molar refractivity (Wildman–Crippen MR) is 161 cm³/mol. The van der Waals surface area contributed by atoms with E-state index in [1.54, 1.807) is 0 Å². The lowest BCUT2D eigenvalue weighted by molar-refractivity contribution is -0.123. The van der Waals surface area contributed by atoms with Gasteiger partial charge in [-0.25, -0.2) is 4.79 Å². The summed E-state index contributed by atoms with van der Waals surface area (Å²) in [4.78, 5) is 40.9. The molecular formula is C32H45N5O4. The molecule has 2 fully saturated rings. The highest BCUT2D eigenvalue weighted by atomic mass is 16.6. The van der Waals surface area contributed by atoms with Gasteiger partial charge >= 0.3 is 6.09 Å². The zero-order chi connectivity index (χ0) is 28.9. The van der Waals surface area contributed by atoms with Crippen LogP contribution in [0.5, 0.6) is 0 Å². The Morgan fingerprint density at radius 2 is 1.46 bits per heavy atom. The van der Waals surface area contributed by atoms with E-state index in [0.29, 0.717) is 13.0 Å². The van der Waals surface area contributed by atoms with E-state index in [1.807, 2.05) is 54.6 Å². The lowest BCUT2D eigenvalue weighted by Crippen LogP contribution is -2.40. The molecule has 0 radical (unpaired) electrons. The van der Waals surface area contributed by atoms with Crippen molar-refractivity contribution in [2.45, 2.75) is 57.5 Å². The number of para-hydroxylation sites is 1. The van der Waals surface area contributed by atoms with Gasteiger partial charge in [0.1, 0.15) is 6.10 Å². The van der Waals surface area contributed by atoms with E-state index in [4.69, 9.17) is 10.5 Å². The molecule has 0 spiro atoms. The SMILES string of the molecule is NC(=O)C1CCN(CCCCCNC(=O)CCN2CCC(OC(=O)Nc3ccccc3-c3ccccc3)CC2)CC1. The van der Waals surface area contributed by atoms with Gasteiger partial charge in [0.25, 0.3) is 0 Å². The Morgan fingerprint density at radius 3 is 2.20 bits per heavy atom. The van der Waals surface area contributed by atoms with E-state index in [9.17, 15) is 14.4 Å². The largest absolute Gasteiger partial charge is 0.446 e. The Hall–Kier alpha value is -3.43. The summed E-state index contributed by atoms with van der Waals surface area (Å²) in [5, 5.41) is 5.96. The molecule has 2 aromatic rings. The Labute approximate surface area is 243 Å². The second kappa shape index (κ2) is 16.1. The minimum atomic E-state index is -0.432. The molecule has 0 aliphatic carbocycles. The maximum absolute atomic E-state index is 12.6. The van der Waals surface area contributed by atoms with Gasteiger partial charge in [-0.2, -0.15) is 0 Å². The number of anilines is 1. The minimum Gasteiger partial charge on any atom is -0.446 e. The fraction of sp³-hybridized carbons (Fsp3) is 0.531. The number of unbranched alkanes of at least 4 members (excludes halogenated alkanes) is 2. The summed E-state index contributed by atoms with van der Waals surface area (Å²) in [5.41, 5.74) is 8.13. The number of carbonyl (C=O) groups is 3. The van der Waals surface area contributed by atoms with Crippen LogP contribution < -0.4 is 16.4 Å². The number of primary amides is 1. The number of hydrogen-bond donors (Lipinski definition) is 3. The first kappa shape index (κ1) is 30.5. The first-order valence-electron chi connectivity index (χ1n) is 15.1. The average Bonchev–Trinajstić information content (AvgIpc) is 2.99. The van der Waals surface area contributed by atoms with Crippen molar-refractivity contribution in [1.29, 1.82) is 0 Å². The zero-order valence-corrected chi connectivity index (χ0v) is 24.1. The number of rotatable bonds is 13. The number of hydrogen-bond acceptors (Lipinski definition) is 6. The van der Waals surface area contributed by atoms with Crippen molar-refractivity contribution in [3.05, 3.63) is 54.6 Å². The van der Waals surface area contributed by atoms with Gasteiger partial charge < -0.3 is 25.6 Å². The van der Waals surface area contributed by atoms with Crippen LogP contribution in [0.2, 0.25) is 0 Å². The smallest absolute Gasteiger partial charge is 0.411 e. The number of carbonyl (C=O) groups excluding carboxylic acids is 3. The molecule has 3 amide bonds. The van der Waals surface area contributed by atoms with Crippen LogP contribution in [-0.4, -0.2) is 79.6 Å². The summed E-state index contributed by atoms with van der Waals surface area (Å²) in [7, 11) is 0. The van der Waals surface area contributed by atoms with Crippen LogP contribution >= 0.6 is 0 Å². The fourth-order valence-corrected chi connectivity index (χ4v) is 5.66. The van der Waals surface area contributed by atoms with Crippen molar-refractivity contribution >= 4 is 23.6 Å². The Morgan fingerprint density at radius 1 is 0.805 bits per heavy atom. The molecule has 0 saturated carbocycles. The molecule has 2 heterocycles. The normalized spacial score (nSPS) is 17.2. The number of amides is 3. The summed E-state index contributed by atoms with van der Waals surface area (Å²) in [6.45, 7) is 5.98. The van der Waals surface area contributed by atoms with Crippen molar-refractivity contribution in [2.24, 2.45) is 11.7 Å². The lowest BCUT2D eigenvalue weighted by Gasteiger charge is -2.31. The van der Waals surface area contributed by atoms with E-state index in [1.165, 1.54) is 0 Å². The molecule has 0 atom stereocenters. The van der Waals surface area contributed by atoms with Crippen LogP contribution in [0.15, 0.2) is 54.6 Å². The molecule has 4 N–H and O–H groups in total. The van der Waals surface area contributed by atoms with Crippen molar-refractivity contribution in [2.75, 3.05) is 51.1 Å². The number of likely N-dealkylation sites (tertiary alicyclic amines) is 2. The van der Waals surface area contributed by atoms with Crippen LogP contribution in [0.3, 0.4) is 0 Å². The van der Waals surface area contributed by atoms with Crippen LogP contribution in [0, 0.1) is 5.92 Å². The molecule has 222 valence electrons. The topological polar surface area (TPSA) is 117 Å². The Bertz CT molecular complexity index is 1110. The summed E-state index contributed by atoms with van der Waals surface area (Å²) in [6.07, 6.45) is 6.34. The molecule has 9 nitrogen and oxygen atoms in total. The molecule has 2 aliphatic heterocycles. The molecule has 0 bridgehead atoms. The van der Waals surface area contributed by atoms with Crippen LogP contribution in [0.25, 0.3) is 11.1 Å². The van der Waals surface area contributed by atoms with E-state index < -0.39 is 6.09 Å². The van der Waals surface area contributed by atoms with E-state index in [0.717, 1.165) is 101 Å². The molecule has 2 aliphatic rings. The second-order valence-electron chi connectivity index (χ2n) is 11.2. The van der Waals surface area contributed by atoms with Gasteiger partial charge in [0, 0.05) is 44.1 Å². The highest BCUT2D eigenvalue weighted by molar-refractivity contribution is 5.91. The van der Waals surface area contributed by atoms with Crippen LogP contribution in [0.4, 0.5) is 10.5 Å². The van der Waals surface area contributed by atoms with E-state index in [2.05, 4.69) is 20.4 Å². The number of nitrogens with two attached hydrogens (primary N) is 1.